The van der Waals surface area contributed by atoms with Crippen molar-refractivity contribution < 1.29 is 9.47 Å². The Morgan fingerprint density at radius 1 is 0.232 bits per heavy atom. The first-order chi connectivity index (χ1) is 67.3. The average Bonchev–Trinajstić information content (AvgIpc) is 1.53. The summed E-state index contributed by atoms with van der Waals surface area (Å²) >= 11 is 6.04. The molecule has 1 saturated heterocycles. The quantitative estimate of drug-likeness (QED) is 0.122. The van der Waals surface area contributed by atoms with Crippen LogP contribution in [-0.4, -0.2) is 40.3 Å². The monoisotopic (exact) mass is 1790 g/mol. The van der Waals surface area contributed by atoms with Crippen molar-refractivity contribution in [3.05, 3.63) is 433 Å². The number of rotatable bonds is 6. The largest absolute Gasteiger partial charge is 0.339 e. The van der Waals surface area contributed by atoms with E-state index in [9.17, 15) is 0 Å². The molecule has 2 aliphatic carbocycles. The molecule has 3 aliphatic rings. The van der Waals surface area contributed by atoms with E-state index in [0.717, 1.165) is 82.9 Å². The molecule has 26 aromatic rings. The van der Waals surface area contributed by atoms with Crippen LogP contribution in [0, 0.1) is 0 Å². The summed E-state index contributed by atoms with van der Waals surface area (Å²) in [6.07, 6.45) is -0.459. The number of ether oxygens (including phenoxy) is 2. The van der Waals surface area contributed by atoms with Crippen molar-refractivity contribution in [3.63, 3.8) is 0 Å². The summed E-state index contributed by atoms with van der Waals surface area (Å²) in [6.45, 7) is 18.2. The topological polar surface area (TPSA) is 79.9 Å². The van der Waals surface area contributed by atoms with Gasteiger partial charge >= 0.3 is 0 Å². The molecule has 0 bridgehead atoms. The maximum Gasteiger partial charge on any atom is 0.185 e. The number of pyridine rings is 4. The Kier molecular flexibility index (Phi) is 18.0. The predicted molar refractivity (Wildman–Crippen MR) is 579 cm³/mol. The van der Waals surface area contributed by atoms with Gasteiger partial charge in [-0.15, -0.1) is 0 Å². The lowest BCUT2D eigenvalue weighted by Gasteiger charge is -2.30. The van der Waals surface area contributed by atoms with Gasteiger partial charge in [-0.2, -0.15) is 0 Å². The lowest BCUT2D eigenvalue weighted by Crippen LogP contribution is -2.41. The summed E-state index contributed by atoms with van der Waals surface area (Å²) in [5, 5.41) is 29.9. The van der Waals surface area contributed by atoms with Crippen LogP contribution in [0.3, 0.4) is 0 Å². The summed E-state index contributed by atoms with van der Waals surface area (Å²) in [4.78, 5) is 20.0. The molecule has 1 fully saturated rings. The lowest BCUT2D eigenvalue weighted by molar-refractivity contribution is -0.0885. The zero-order chi connectivity index (χ0) is 92.5. The predicted octanol–water partition coefficient (Wildman–Crippen LogP) is 34.5. The van der Waals surface area contributed by atoms with E-state index in [0.29, 0.717) is 5.15 Å². The Balaban J connectivity index is 0.000000116. The Hall–Kier alpha value is -16.1. The van der Waals surface area contributed by atoms with Crippen molar-refractivity contribution in [2.24, 2.45) is 0 Å². The minimum atomic E-state index is -0.459. The van der Waals surface area contributed by atoms with Crippen LogP contribution in [0.1, 0.15) is 89.5 Å². The number of para-hydroxylation sites is 4. The molecule has 7 heterocycles. The fraction of sp³-hybridized carbons (Fsp3) is 0.101. The third-order valence-electron chi connectivity index (χ3n) is 30.8. The lowest BCUT2D eigenvalue weighted by atomic mass is 9.80. The maximum absolute atomic E-state index is 6.70. The van der Waals surface area contributed by atoms with Gasteiger partial charge in [-0.05, 0) is 286 Å². The second kappa shape index (κ2) is 30.5. The molecule has 0 radical (unpaired) electrons. The van der Waals surface area contributed by atoms with Gasteiger partial charge < -0.3 is 18.6 Å². The molecular weight excluding hydrogens is 1700 g/mol. The fourth-order valence-electron chi connectivity index (χ4n) is 23.3. The van der Waals surface area contributed by atoms with Crippen LogP contribution in [-0.2, 0) is 20.3 Å². The minimum Gasteiger partial charge on any atom is -0.339 e. The molecule has 0 N–H and O–H groups in total. The minimum absolute atomic E-state index is 0.207. The van der Waals surface area contributed by atoms with Crippen LogP contribution in [0.25, 0.3) is 241 Å². The van der Waals surface area contributed by atoms with Gasteiger partial charge in [0.1, 0.15) is 5.15 Å². The Labute approximate surface area is 802 Å². The number of benzene rings is 20. The molecule has 8 nitrogen and oxygen atoms in total. The van der Waals surface area contributed by atoms with E-state index < -0.39 is 17.5 Å². The SMILES string of the molecule is CC1(C)c2cc3c(cc2-c2cc4c5ccccc5n(-c5ccccc5)c4cc21)c1ccccc1c1cc(-c2ccc4ccc5ccc(-c6ccccc6)nc5c4n2)c2ccccc2c31.CC1(C)c2cc3c(cc2-c2cc4c5ccccc5n(-c5ccccc5)c4cc21)c1ccccc1c1cc(C2OC(C)(C)C(C)(C)O2)c2ccccc2c31.Clc1ccc2ccc3ccc(-c4ccccc4)nc3c2n1. The molecule has 656 valence electrons. The Morgan fingerprint density at radius 3 is 0.978 bits per heavy atom. The first kappa shape index (κ1) is 81.5. The highest BCUT2D eigenvalue weighted by atomic mass is 35.5. The molecule has 20 aromatic carbocycles. The molecule has 0 atom stereocenters. The van der Waals surface area contributed by atoms with E-state index in [1.54, 1.807) is 6.07 Å². The molecule has 1 aliphatic heterocycles. The summed E-state index contributed by atoms with van der Waals surface area (Å²) in [6, 6.07) is 145. The highest BCUT2D eigenvalue weighted by Gasteiger charge is 2.50. The normalized spacial score (nSPS) is 14.6. The van der Waals surface area contributed by atoms with Crippen LogP contribution < -0.4 is 0 Å². The van der Waals surface area contributed by atoms with Crippen LogP contribution in [0.5, 0.6) is 0 Å². The van der Waals surface area contributed by atoms with Gasteiger partial charge in [-0.1, -0.05) is 312 Å². The zero-order valence-electron chi connectivity index (χ0n) is 77.6. The molecule has 0 unspecified atom stereocenters. The second-order valence-electron chi connectivity index (χ2n) is 39.7. The molecule has 29 rings (SSSR count). The molecule has 0 saturated carbocycles. The Bertz CT molecular complexity index is 9730. The summed E-state index contributed by atoms with van der Waals surface area (Å²) in [5.74, 6) is 0. The van der Waals surface area contributed by atoms with E-state index in [2.05, 4.69) is 421 Å². The molecule has 9 heteroatoms. The van der Waals surface area contributed by atoms with Crippen LogP contribution in [0.2, 0.25) is 5.15 Å². The van der Waals surface area contributed by atoms with Crippen molar-refractivity contribution in [3.8, 4) is 67.4 Å². The smallest absolute Gasteiger partial charge is 0.185 e. The fourth-order valence-corrected chi connectivity index (χ4v) is 23.5. The maximum atomic E-state index is 6.70. The van der Waals surface area contributed by atoms with Crippen molar-refractivity contribution in [1.82, 2.24) is 29.1 Å². The van der Waals surface area contributed by atoms with E-state index in [4.69, 9.17) is 36.0 Å². The number of aromatic nitrogens is 6. The Morgan fingerprint density at radius 2 is 0.536 bits per heavy atom. The van der Waals surface area contributed by atoms with E-state index in [-0.39, 0.29) is 10.8 Å². The van der Waals surface area contributed by atoms with Crippen LogP contribution in [0.15, 0.2) is 400 Å². The van der Waals surface area contributed by atoms with E-state index >= 15 is 0 Å². The number of fused-ring (bicyclic) bond motifs is 34. The summed E-state index contributed by atoms with van der Waals surface area (Å²) in [7, 11) is 0. The number of hydrogen-bond donors (Lipinski definition) is 0. The number of hydrogen-bond acceptors (Lipinski definition) is 6. The van der Waals surface area contributed by atoms with E-state index in [1.807, 2.05) is 42.5 Å². The van der Waals surface area contributed by atoms with Gasteiger partial charge in [0.2, 0.25) is 0 Å². The second-order valence-corrected chi connectivity index (χ2v) is 40.1. The van der Waals surface area contributed by atoms with Crippen molar-refractivity contribution in [2.75, 3.05) is 0 Å². The van der Waals surface area contributed by atoms with Crippen LogP contribution >= 0.6 is 11.6 Å². The highest BCUT2D eigenvalue weighted by Crippen LogP contribution is 2.58. The number of halogens is 1. The van der Waals surface area contributed by atoms with Gasteiger partial charge in [0.15, 0.2) is 6.29 Å². The molecular formula is C129H91ClN6O2. The first-order valence-corrected chi connectivity index (χ1v) is 48.2. The molecule has 0 spiro atoms. The molecule has 138 heavy (non-hydrogen) atoms. The number of nitrogens with zero attached hydrogens (tertiary/aromatic N) is 6. The zero-order valence-corrected chi connectivity index (χ0v) is 78.3. The van der Waals surface area contributed by atoms with Gasteiger partial charge in [0, 0.05) is 87.5 Å². The van der Waals surface area contributed by atoms with Gasteiger partial charge in [-0.25, -0.2) is 19.9 Å². The van der Waals surface area contributed by atoms with Gasteiger partial charge in [0.25, 0.3) is 0 Å². The molecule has 0 amide bonds. The van der Waals surface area contributed by atoms with Crippen LogP contribution in [0.4, 0.5) is 0 Å². The van der Waals surface area contributed by atoms with Crippen molar-refractivity contribution >= 4 is 185 Å². The van der Waals surface area contributed by atoms with E-state index in [1.165, 1.54) is 186 Å². The van der Waals surface area contributed by atoms with Gasteiger partial charge in [-0.3, -0.25) is 0 Å². The average molecular weight is 1790 g/mol. The standard InChI is InChI=1S/C61H39N3.C50H41NO2.C18H11ClN2/c1-61(2)52-34-51-45(31-46(52)47-32-49-43-22-13-14-24-56(43)64(57(49)35-53(47)61)39-17-7-4-8-18-39)40-19-9-10-20-41(40)50-33-48(42-21-11-12-23-44(42)58(50)51)55-30-28-38-26-25-37-27-29-54(36-15-5-3-6-16-36)62-59(37)60(38)63-55;1-48(2)42-27-40-35(24-36(42)37-25-38-33-21-14-15-23-44(33)51(45(38)28-43(37)48)29-16-8-7-9-17-29)30-18-10-11-19-31(30)39-26-41(32-20-12-13-22-34(32)46(39)40)47-52-49(3,4)50(5,6)53-47;19-16-11-9-14-7-6-13-8-10-15(12-4-2-1-3-5-12)20-17(13)18(14)21-16/h3-35H,1-2H3;7-28,47H,1-6H3;1-11H. The third-order valence-corrected chi connectivity index (χ3v) is 31.1. The first-order valence-electron chi connectivity index (χ1n) is 47.8. The van der Waals surface area contributed by atoms with Crippen molar-refractivity contribution in [1.29, 1.82) is 0 Å². The molecule has 6 aromatic heterocycles. The van der Waals surface area contributed by atoms with Crippen molar-refractivity contribution in [2.45, 2.75) is 83.7 Å². The summed E-state index contributed by atoms with van der Waals surface area (Å²) < 4.78 is 18.3. The summed E-state index contributed by atoms with van der Waals surface area (Å²) in [5.41, 5.74) is 27.6. The highest BCUT2D eigenvalue weighted by molar-refractivity contribution is 6.35. The third kappa shape index (κ3) is 12.3. The van der Waals surface area contributed by atoms with Gasteiger partial charge in [0.05, 0.1) is 72.4 Å².